The molecule has 0 amide bonds. The Morgan fingerprint density at radius 3 is 2.14 bits per heavy atom. The summed E-state index contributed by atoms with van der Waals surface area (Å²) in [5.74, 6) is -0.0182. The second kappa shape index (κ2) is 4.24. The van der Waals surface area contributed by atoms with Crippen molar-refractivity contribution in [3.8, 4) is 0 Å². The van der Waals surface area contributed by atoms with Gasteiger partial charge in [0.05, 0.1) is 6.04 Å². The summed E-state index contributed by atoms with van der Waals surface area (Å²) in [4.78, 5) is 13.5. The molecule has 0 heterocycles. The topological polar surface area (TPSA) is 46.3 Å². The predicted molar refractivity (Wildman–Crippen MR) is 58.7 cm³/mol. The van der Waals surface area contributed by atoms with E-state index in [4.69, 9.17) is 5.73 Å². The maximum atomic E-state index is 11.5. The van der Waals surface area contributed by atoms with Gasteiger partial charge in [0.1, 0.15) is 0 Å². The van der Waals surface area contributed by atoms with Gasteiger partial charge in [-0.15, -0.1) is 0 Å². The molecule has 3 heteroatoms. The average molecular weight is 192 g/mol. The van der Waals surface area contributed by atoms with Crippen molar-refractivity contribution in [3.05, 3.63) is 29.8 Å². The van der Waals surface area contributed by atoms with Crippen LogP contribution in [0.15, 0.2) is 24.3 Å². The van der Waals surface area contributed by atoms with Gasteiger partial charge >= 0.3 is 0 Å². The summed E-state index contributed by atoms with van der Waals surface area (Å²) in [6.45, 7) is 1.70. The molecule has 1 atom stereocenters. The summed E-state index contributed by atoms with van der Waals surface area (Å²) in [6, 6.07) is 7.01. The lowest BCUT2D eigenvalue weighted by molar-refractivity contribution is 0.0968. The first kappa shape index (κ1) is 10.7. The summed E-state index contributed by atoms with van der Waals surface area (Å²) < 4.78 is 0. The van der Waals surface area contributed by atoms with E-state index in [1.165, 1.54) is 0 Å². The third kappa shape index (κ3) is 2.33. The van der Waals surface area contributed by atoms with E-state index in [9.17, 15) is 4.79 Å². The molecule has 0 aliphatic rings. The van der Waals surface area contributed by atoms with Crippen LogP contribution in [0, 0.1) is 0 Å². The fourth-order valence-electron chi connectivity index (χ4n) is 1.19. The number of ketones is 1. The van der Waals surface area contributed by atoms with E-state index in [2.05, 4.69) is 0 Å². The molecule has 0 radical (unpaired) electrons. The van der Waals surface area contributed by atoms with Crippen molar-refractivity contribution in [2.45, 2.75) is 13.0 Å². The van der Waals surface area contributed by atoms with E-state index in [1.807, 2.05) is 31.1 Å². The van der Waals surface area contributed by atoms with Crippen molar-refractivity contribution >= 4 is 11.5 Å². The van der Waals surface area contributed by atoms with Crippen LogP contribution in [-0.4, -0.2) is 25.9 Å². The van der Waals surface area contributed by atoms with Gasteiger partial charge in [0, 0.05) is 25.3 Å². The largest absolute Gasteiger partial charge is 0.378 e. The fourth-order valence-corrected chi connectivity index (χ4v) is 1.19. The van der Waals surface area contributed by atoms with Crippen molar-refractivity contribution in [2.75, 3.05) is 19.0 Å². The van der Waals surface area contributed by atoms with Gasteiger partial charge < -0.3 is 10.6 Å². The lowest BCUT2D eigenvalue weighted by atomic mass is 10.1. The Bertz CT molecular complexity index is 315. The highest BCUT2D eigenvalue weighted by Gasteiger charge is 2.10. The molecule has 14 heavy (non-hydrogen) atoms. The molecule has 0 aromatic heterocycles. The first-order chi connectivity index (χ1) is 6.52. The fraction of sp³-hybridized carbons (Fsp3) is 0.364. The number of nitrogens with zero attached hydrogens (tertiary/aromatic N) is 1. The lowest BCUT2D eigenvalue weighted by Gasteiger charge is -2.12. The number of Topliss-reactive ketones (excluding diaryl/α,β-unsaturated/α-hetero) is 1. The second-order valence-electron chi connectivity index (χ2n) is 3.59. The highest BCUT2D eigenvalue weighted by Crippen LogP contribution is 2.13. The maximum absolute atomic E-state index is 11.5. The molecule has 0 bridgehead atoms. The zero-order chi connectivity index (χ0) is 10.7. The van der Waals surface area contributed by atoms with Crippen molar-refractivity contribution in [1.29, 1.82) is 0 Å². The third-order valence-electron chi connectivity index (χ3n) is 2.08. The first-order valence-electron chi connectivity index (χ1n) is 4.59. The number of benzene rings is 1. The van der Waals surface area contributed by atoms with Crippen LogP contribution in [-0.2, 0) is 0 Å². The Balaban J connectivity index is 2.89. The van der Waals surface area contributed by atoms with Gasteiger partial charge in [-0.3, -0.25) is 4.79 Å². The molecule has 2 N–H and O–H groups in total. The van der Waals surface area contributed by atoms with Gasteiger partial charge in [-0.1, -0.05) is 0 Å². The van der Waals surface area contributed by atoms with Gasteiger partial charge in [0.15, 0.2) is 5.78 Å². The predicted octanol–water partition coefficient (Wildman–Crippen LogP) is 1.28. The number of carbonyl (C=O) groups excluding carboxylic acids is 1. The highest BCUT2D eigenvalue weighted by molar-refractivity contribution is 5.99. The van der Waals surface area contributed by atoms with Crippen LogP contribution in [0.1, 0.15) is 17.3 Å². The zero-order valence-electron chi connectivity index (χ0n) is 8.82. The molecule has 76 valence electrons. The lowest BCUT2D eigenvalue weighted by Crippen LogP contribution is -2.26. The quantitative estimate of drug-likeness (QED) is 0.734. The zero-order valence-corrected chi connectivity index (χ0v) is 8.82. The van der Waals surface area contributed by atoms with E-state index >= 15 is 0 Å². The normalized spacial score (nSPS) is 12.3. The van der Waals surface area contributed by atoms with Crippen molar-refractivity contribution in [3.63, 3.8) is 0 Å². The van der Waals surface area contributed by atoms with Gasteiger partial charge in [-0.25, -0.2) is 0 Å². The van der Waals surface area contributed by atoms with Crippen LogP contribution in [0.4, 0.5) is 5.69 Å². The van der Waals surface area contributed by atoms with E-state index in [1.54, 1.807) is 19.1 Å². The van der Waals surface area contributed by atoms with Gasteiger partial charge in [-0.05, 0) is 31.2 Å². The number of hydrogen-bond donors (Lipinski definition) is 1. The van der Waals surface area contributed by atoms with Crippen LogP contribution in [0.2, 0.25) is 0 Å². The summed E-state index contributed by atoms with van der Waals surface area (Å²) in [5, 5.41) is 0. The number of nitrogens with two attached hydrogens (primary N) is 1. The monoisotopic (exact) mass is 192 g/mol. The van der Waals surface area contributed by atoms with Crippen LogP contribution in [0.5, 0.6) is 0 Å². The minimum absolute atomic E-state index is 0.0182. The molecule has 0 fully saturated rings. The summed E-state index contributed by atoms with van der Waals surface area (Å²) in [5.41, 5.74) is 7.25. The molecule has 0 saturated heterocycles. The Morgan fingerprint density at radius 2 is 1.79 bits per heavy atom. The van der Waals surface area contributed by atoms with Crippen LogP contribution >= 0.6 is 0 Å². The Kier molecular flexibility index (Phi) is 3.25. The summed E-state index contributed by atoms with van der Waals surface area (Å²) in [7, 11) is 3.92. The van der Waals surface area contributed by atoms with Gasteiger partial charge in [0.25, 0.3) is 0 Å². The van der Waals surface area contributed by atoms with Crippen molar-refractivity contribution < 1.29 is 4.79 Å². The van der Waals surface area contributed by atoms with Gasteiger partial charge in [0.2, 0.25) is 0 Å². The Hall–Kier alpha value is -1.35. The molecule has 1 unspecified atom stereocenters. The number of rotatable bonds is 3. The van der Waals surface area contributed by atoms with E-state index in [0.717, 1.165) is 5.69 Å². The van der Waals surface area contributed by atoms with Crippen LogP contribution in [0.25, 0.3) is 0 Å². The van der Waals surface area contributed by atoms with E-state index in [0.29, 0.717) is 5.56 Å². The third-order valence-corrected chi connectivity index (χ3v) is 2.08. The molecule has 0 spiro atoms. The smallest absolute Gasteiger partial charge is 0.179 e. The molecule has 0 saturated carbocycles. The summed E-state index contributed by atoms with van der Waals surface area (Å²) in [6.07, 6.45) is 0. The summed E-state index contributed by atoms with van der Waals surface area (Å²) >= 11 is 0. The molecule has 1 rings (SSSR count). The maximum Gasteiger partial charge on any atom is 0.179 e. The first-order valence-corrected chi connectivity index (χ1v) is 4.59. The number of carbonyl (C=O) groups is 1. The minimum atomic E-state index is -0.430. The molecular formula is C11H16N2O. The number of hydrogen-bond acceptors (Lipinski definition) is 3. The van der Waals surface area contributed by atoms with E-state index in [-0.39, 0.29) is 5.78 Å². The molecule has 0 aliphatic heterocycles. The Labute approximate surface area is 84.5 Å². The van der Waals surface area contributed by atoms with Gasteiger partial charge in [-0.2, -0.15) is 0 Å². The minimum Gasteiger partial charge on any atom is -0.378 e. The molecule has 0 aliphatic carbocycles. The second-order valence-corrected chi connectivity index (χ2v) is 3.59. The number of anilines is 1. The molecule has 1 aromatic carbocycles. The van der Waals surface area contributed by atoms with Crippen LogP contribution < -0.4 is 10.6 Å². The highest BCUT2D eigenvalue weighted by atomic mass is 16.1. The molecule has 3 nitrogen and oxygen atoms in total. The molecular weight excluding hydrogens is 176 g/mol. The standard InChI is InChI=1S/C11H16N2O/c1-8(12)11(14)9-4-6-10(7-5-9)13(2)3/h4-8H,12H2,1-3H3. The van der Waals surface area contributed by atoms with Crippen LogP contribution in [0.3, 0.4) is 0 Å². The van der Waals surface area contributed by atoms with Crippen molar-refractivity contribution in [1.82, 2.24) is 0 Å². The van der Waals surface area contributed by atoms with E-state index < -0.39 is 6.04 Å². The average Bonchev–Trinajstić information content (AvgIpc) is 2.16. The van der Waals surface area contributed by atoms with Crippen molar-refractivity contribution in [2.24, 2.45) is 5.73 Å². The SMILES string of the molecule is CC(N)C(=O)c1ccc(N(C)C)cc1. The Morgan fingerprint density at radius 1 is 1.29 bits per heavy atom. The molecule has 1 aromatic rings.